The molecule has 5 nitrogen and oxygen atoms in total. The summed E-state index contributed by atoms with van der Waals surface area (Å²) in [6.07, 6.45) is -2.74. The minimum absolute atomic E-state index is 0.451. The number of halogens is 3. The normalized spacial score (nSPS) is 11.2. The third-order valence-corrected chi connectivity index (χ3v) is 6.50. The Bertz CT molecular complexity index is 1350. The quantitative estimate of drug-likeness (QED) is 0.174. The maximum atomic E-state index is 12.8. The molecule has 4 aromatic rings. The van der Waals surface area contributed by atoms with Gasteiger partial charge in [-0.15, -0.1) is 0 Å². The first kappa shape index (κ1) is 28.8. The number of alkyl halides is 3. The predicted octanol–water partition coefficient (Wildman–Crippen LogP) is 8.15. The van der Waals surface area contributed by atoms with Gasteiger partial charge in [0.1, 0.15) is 23.0 Å². The summed E-state index contributed by atoms with van der Waals surface area (Å²) in [6.45, 7) is 3.15. The molecule has 0 saturated heterocycles. The first-order valence-corrected chi connectivity index (χ1v) is 13.0. The highest BCUT2D eigenvalue weighted by molar-refractivity contribution is 5.61. The lowest BCUT2D eigenvalue weighted by molar-refractivity contribution is -0.137. The van der Waals surface area contributed by atoms with E-state index < -0.39 is 11.7 Å². The fraction of sp³-hybridized carbons (Fsp3) is 0.250. The zero-order chi connectivity index (χ0) is 28.5. The maximum absolute atomic E-state index is 12.8. The van der Waals surface area contributed by atoms with E-state index in [4.69, 9.17) is 14.2 Å². The lowest BCUT2D eigenvalue weighted by Gasteiger charge is -2.17. The van der Waals surface area contributed by atoms with Crippen molar-refractivity contribution in [3.63, 3.8) is 0 Å². The minimum atomic E-state index is -4.33. The molecule has 0 heterocycles. The van der Waals surface area contributed by atoms with Crippen LogP contribution >= 0.6 is 0 Å². The molecule has 4 aromatic carbocycles. The van der Waals surface area contributed by atoms with Crippen LogP contribution in [0.4, 0.5) is 24.5 Å². The van der Waals surface area contributed by atoms with Gasteiger partial charge < -0.3 is 24.8 Å². The fourth-order valence-electron chi connectivity index (χ4n) is 4.23. The molecule has 0 aliphatic heterocycles. The van der Waals surface area contributed by atoms with Gasteiger partial charge >= 0.3 is 6.18 Å². The van der Waals surface area contributed by atoms with Gasteiger partial charge in [-0.25, -0.2) is 0 Å². The van der Waals surface area contributed by atoms with Crippen molar-refractivity contribution in [3.05, 3.63) is 107 Å². The topological polar surface area (TPSA) is 51.8 Å². The van der Waals surface area contributed by atoms with E-state index in [1.54, 1.807) is 26.4 Å². The number of rotatable bonds is 12. The molecule has 0 saturated carbocycles. The average Bonchev–Trinajstić information content (AvgIpc) is 2.96. The van der Waals surface area contributed by atoms with Crippen LogP contribution in [0.1, 0.15) is 29.2 Å². The summed E-state index contributed by atoms with van der Waals surface area (Å²) in [5.41, 5.74) is 4.25. The Morgan fingerprint density at radius 3 is 1.77 bits per heavy atom. The molecular weight excluding hydrogens is 517 g/mol. The second kappa shape index (κ2) is 13.3. The van der Waals surface area contributed by atoms with Gasteiger partial charge in [-0.05, 0) is 79.0 Å². The van der Waals surface area contributed by atoms with Crippen molar-refractivity contribution in [2.75, 3.05) is 26.1 Å². The van der Waals surface area contributed by atoms with Crippen LogP contribution in [0.3, 0.4) is 0 Å². The molecule has 8 heteroatoms. The van der Waals surface area contributed by atoms with Crippen molar-refractivity contribution >= 4 is 11.4 Å². The van der Waals surface area contributed by atoms with Gasteiger partial charge in [-0.3, -0.25) is 0 Å². The van der Waals surface area contributed by atoms with E-state index >= 15 is 0 Å². The van der Waals surface area contributed by atoms with Crippen molar-refractivity contribution in [3.8, 4) is 23.0 Å². The van der Waals surface area contributed by atoms with Gasteiger partial charge in [0.05, 0.1) is 25.3 Å². The first-order valence-electron chi connectivity index (χ1n) is 13.0. The zero-order valence-electron chi connectivity index (χ0n) is 22.8. The monoisotopic (exact) mass is 550 g/mol. The minimum Gasteiger partial charge on any atom is -0.496 e. The maximum Gasteiger partial charge on any atom is 0.416 e. The molecule has 40 heavy (non-hydrogen) atoms. The molecule has 0 bridgehead atoms. The molecule has 0 aromatic heterocycles. The summed E-state index contributed by atoms with van der Waals surface area (Å²) in [4.78, 5) is 0. The van der Waals surface area contributed by atoms with Crippen LogP contribution in [0, 0.1) is 0 Å². The lowest BCUT2D eigenvalue weighted by atomic mass is 10.1. The highest BCUT2D eigenvalue weighted by Gasteiger charge is 2.29. The van der Waals surface area contributed by atoms with Crippen molar-refractivity contribution in [2.24, 2.45) is 0 Å². The van der Waals surface area contributed by atoms with E-state index in [0.717, 1.165) is 41.1 Å². The van der Waals surface area contributed by atoms with Crippen LogP contribution in [0.15, 0.2) is 84.9 Å². The van der Waals surface area contributed by atoms with Crippen molar-refractivity contribution in [2.45, 2.75) is 32.5 Å². The van der Waals surface area contributed by atoms with Crippen LogP contribution in [-0.4, -0.2) is 20.8 Å². The number of hydrogen-bond donors (Lipinski definition) is 2. The lowest BCUT2D eigenvalue weighted by Crippen LogP contribution is -2.18. The van der Waals surface area contributed by atoms with Crippen LogP contribution in [0.5, 0.6) is 23.0 Å². The molecule has 0 aliphatic rings. The largest absolute Gasteiger partial charge is 0.496 e. The molecule has 0 atom stereocenters. The number of aryl methyl sites for hydroxylation is 1. The SMILES string of the molecule is CCc1ccc(Nc2ccc(Oc3cc(OC)c(CNCCc4ccc(C(F)(F)F)cc4)c(OC)c3)cc2)cc1. The van der Waals surface area contributed by atoms with Crippen LogP contribution in [0.2, 0.25) is 0 Å². The highest BCUT2D eigenvalue weighted by atomic mass is 19.4. The predicted molar refractivity (Wildman–Crippen MR) is 152 cm³/mol. The zero-order valence-corrected chi connectivity index (χ0v) is 22.8. The summed E-state index contributed by atoms with van der Waals surface area (Å²) in [7, 11) is 3.16. The molecule has 0 radical (unpaired) electrons. The number of methoxy groups -OCH3 is 2. The fourth-order valence-corrected chi connectivity index (χ4v) is 4.23. The molecule has 0 unspecified atom stereocenters. The third-order valence-electron chi connectivity index (χ3n) is 6.50. The van der Waals surface area contributed by atoms with Crippen LogP contribution < -0.4 is 24.8 Å². The Hall–Kier alpha value is -4.17. The van der Waals surface area contributed by atoms with Gasteiger partial charge in [0.25, 0.3) is 0 Å². The molecule has 2 N–H and O–H groups in total. The Kier molecular flexibility index (Phi) is 9.56. The second-order valence-electron chi connectivity index (χ2n) is 9.23. The summed E-state index contributed by atoms with van der Waals surface area (Å²) in [5, 5.41) is 6.70. The Labute approximate surface area is 232 Å². The van der Waals surface area contributed by atoms with Gasteiger partial charge in [0.15, 0.2) is 0 Å². The first-order chi connectivity index (χ1) is 19.3. The summed E-state index contributed by atoms with van der Waals surface area (Å²) >= 11 is 0. The number of nitrogens with one attached hydrogen (secondary N) is 2. The molecule has 4 rings (SSSR count). The van der Waals surface area contributed by atoms with Gasteiger partial charge in [0.2, 0.25) is 0 Å². The molecule has 0 aliphatic carbocycles. The molecule has 210 valence electrons. The average molecular weight is 551 g/mol. The third kappa shape index (κ3) is 7.70. The van der Waals surface area contributed by atoms with E-state index in [1.165, 1.54) is 17.7 Å². The number of benzene rings is 4. The van der Waals surface area contributed by atoms with E-state index in [9.17, 15) is 13.2 Å². The van der Waals surface area contributed by atoms with Crippen LogP contribution in [-0.2, 0) is 25.6 Å². The van der Waals surface area contributed by atoms with Crippen molar-refractivity contribution in [1.82, 2.24) is 5.32 Å². The van der Waals surface area contributed by atoms with E-state index in [-0.39, 0.29) is 0 Å². The summed E-state index contributed by atoms with van der Waals surface area (Å²) in [6, 6.07) is 24.8. The second-order valence-corrected chi connectivity index (χ2v) is 9.23. The highest BCUT2D eigenvalue weighted by Crippen LogP contribution is 2.36. The van der Waals surface area contributed by atoms with Crippen molar-refractivity contribution < 1.29 is 27.4 Å². The van der Waals surface area contributed by atoms with Gasteiger partial charge in [-0.2, -0.15) is 13.2 Å². The number of ether oxygens (including phenoxy) is 3. The van der Waals surface area contributed by atoms with Crippen molar-refractivity contribution in [1.29, 1.82) is 0 Å². The summed E-state index contributed by atoms with van der Waals surface area (Å²) in [5.74, 6) is 2.44. The summed E-state index contributed by atoms with van der Waals surface area (Å²) < 4.78 is 55.6. The Morgan fingerprint density at radius 2 is 1.25 bits per heavy atom. The van der Waals surface area contributed by atoms with Crippen LogP contribution in [0.25, 0.3) is 0 Å². The van der Waals surface area contributed by atoms with E-state index in [0.29, 0.717) is 42.5 Å². The molecular formula is C32H33F3N2O3. The molecule has 0 fully saturated rings. The van der Waals surface area contributed by atoms with Gasteiger partial charge in [-0.1, -0.05) is 31.2 Å². The standard InChI is InChI=1S/C32H33F3N2O3/c1-4-22-7-11-25(12-8-22)37-26-13-15-27(16-14-26)40-28-19-30(38-2)29(31(20-28)39-3)21-36-18-17-23-5-9-24(10-6-23)32(33,34)35/h5-16,19-20,36-37H,4,17-18,21H2,1-3H3. The van der Waals surface area contributed by atoms with E-state index in [2.05, 4.69) is 41.8 Å². The Morgan fingerprint density at radius 1 is 0.700 bits per heavy atom. The number of hydrogen-bond acceptors (Lipinski definition) is 5. The van der Waals surface area contributed by atoms with E-state index in [1.807, 2.05) is 24.3 Å². The molecule has 0 amide bonds. The number of anilines is 2. The Balaban J connectivity index is 1.36. The molecule has 0 spiro atoms. The van der Waals surface area contributed by atoms with Gasteiger partial charge in [0, 0.05) is 30.1 Å². The smallest absolute Gasteiger partial charge is 0.416 e.